The zero-order valence-electron chi connectivity index (χ0n) is 44.6. The Labute approximate surface area is 471 Å². The highest BCUT2D eigenvalue weighted by molar-refractivity contribution is 6.14. The van der Waals surface area contributed by atoms with E-state index in [0.29, 0.717) is 101 Å². The molecular formula is C68H42F12N4. The zero-order valence-corrected chi connectivity index (χ0v) is 44.6. The highest BCUT2D eigenvalue weighted by Crippen LogP contribution is 2.47. The number of hydrogen-bond acceptors (Lipinski definition) is 2. The number of benzene rings is 9. The fourth-order valence-electron chi connectivity index (χ4n) is 11.6. The molecule has 0 unspecified atom stereocenters. The monoisotopic (exact) mass is 1140 g/mol. The van der Waals surface area contributed by atoms with Gasteiger partial charge in [-0.3, -0.25) is 4.98 Å². The molecule has 16 heteroatoms. The molecule has 0 aliphatic heterocycles. The molecule has 3 heterocycles. The van der Waals surface area contributed by atoms with Crippen LogP contribution in [0, 0.1) is 39.0 Å². The fraction of sp³-hybridized carbons (Fsp3) is 0.118. The Morgan fingerprint density at radius 3 is 1.00 bits per heavy atom. The van der Waals surface area contributed by atoms with Gasteiger partial charge in [0.05, 0.1) is 79.7 Å². The van der Waals surface area contributed by atoms with Crippen molar-refractivity contribution in [1.82, 2.24) is 14.1 Å². The van der Waals surface area contributed by atoms with E-state index in [4.69, 9.17) is 4.98 Å². The van der Waals surface area contributed by atoms with E-state index in [2.05, 4.69) is 6.07 Å². The molecule has 12 rings (SSSR count). The molecule has 0 aliphatic carbocycles. The third kappa shape index (κ3) is 9.86. The standard InChI is InChI=1S/C68H42F12N4/c1-36-17-37(2)19-45(18-36)40-9-13-58-54(28-40)55-29-41(46-20-38(3)22-49(24-46)65(69,70)71)10-14-59(55)83(58)62-34-82-35-63(64(62)53-8-6-5-7-44(53)33-81)84-60-15-11-42(47-21-39(4)23-50(25-47)66(72,73)74)30-56(60)57-31-43(12-16-61(57)84)48-26-51(67(75,76)77)32-52(27-48)68(78,79)80/h5-32,34-35H,1-4H3. The van der Waals surface area contributed by atoms with Crippen LogP contribution >= 0.6 is 0 Å². The van der Waals surface area contributed by atoms with Crippen LogP contribution in [0.1, 0.15) is 50.1 Å². The third-order valence-electron chi connectivity index (χ3n) is 15.2. The van der Waals surface area contributed by atoms with Crippen LogP contribution in [0.25, 0.3) is 111 Å². The van der Waals surface area contributed by atoms with Crippen molar-refractivity contribution in [2.24, 2.45) is 0 Å². The maximum absolute atomic E-state index is 14.3. The van der Waals surface area contributed by atoms with Crippen molar-refractivity contribution < 1.29 is 52.7 Å². The van der Waals surface area contributed by atoms with Crippen LogP contribution in [0.2, 0.25) is 0 Å². The summed E-state index contributed by atoms with van der Waals surface area (Å²) in [4.78, 5) is 4.84. The van der Waals surface area contributed by atoms with Crippen LogP contribution in [-0.2, 0) is 24.7 Å². The van der Waals surface area contributed by atoms with Crippen molar-refractivity contribution >= 4 is 43.6 Å². The summed E-state index contributed by atoms with van der Waals surface area (Å²) >= 11 is 0. The molecule has 0 aliphatic rings. The summed E-state index contributed by atoms with van der Waals surface area (Å²) in [5, 5.41) is 12.9. The average molecular weight is 1140 g/mol. The molecule has 0 atom stereocenters. The second-order valence-electron chi connectivity index (χ2n) is 21.2. The summed E-state index contributed by atoms with van der Waals surface area (Å²) in [5.41, 5.74) is 4.39. The molecular weight excluding hydrogens is 1100 g/mol. The van der Waals surface area contributed by atoms with E-state index >= 15 is 0 Å². The van der Waals surface area contributed by atoms with Crippen LogP contribution in [0.3, 0.4) is 0 Å². The van der Waals surface area contributed by atoms with E-state index < -0.39 is 52.5 Å². The minimum atomic E-state index is -5.16. The Hall–Kier alpha value is -9.62. The van der Waals surface area contributed by atoms with E-state index in [9.17, 15) is 57.9 Å². The van der Waals surface area contributed by atoms with Gasteiger partial charge in [-0.1, -0.05) is 83.9 Å². The van der Waals surface area contributed by atoms with Crippen LogP contribution in [0.15, 0.2) is 182 Å². The Kier molecular flexibility index (Phi) is 12.9. The van der Waals surface area contributed by atoms with Crippen molar-refractivity contribution in [3.8, 4) is 73.1 Å². The number of nitrogens with zero attached hydrogens (tertiary/aromatic N) is 4. The second-order valence-corrected chi connectivity index (χ2v) is 21.2. The predicted molar refractivity (Wildman–Crippen MR) is 304 cm³/mol. The first-order valence-corrected chi connectivity index (χ1v) is 26.1. The summed E-state index contributed by atoms with van der Waals surface area (Å²) in [6, 6.07) is 44.5. The molecule has 0 amide bonds. The summed E-state index contributed by atoms with van der Waals surface area (Å²) in [7, 11) is 0. The van der Waals surface area contributed by atoms with Crippen LogP contribution < -0.4 is 0 Å². The number of aryl methyl sites for hydroxylation is 4. The molecule has 12 aromatic rings. The number of halogens is 12. The second kappa shape index (κ2) is 19.8. The van der Waals surface area contributed by atoms with Gasteiger partial charge in [0.15, 0.2) is 0 Å². The highest BCUT2D eigenvalue weighted by Gasteiger charge is 2.38. The van der Waals surface area contributed by atoms with Gasteiger partial charge in [-0.15, -0.1) is 0 Å². The lowest BCUT2D eigenvalue weighted by Crippen LogP contribution is -2.11. The van der Waals surface area contributed by atoms with E-state index in [1.54, 1.807) is 90.6 Å². The van der Waals surface area contributed by atoms with E-state index in [-0.39, 0.29) is 28.1 Å². The first-order chi connectivity index (χ1) is 39.7. The van der Waals surface area contributed by atoms with E-state index in [1.165, 1.54) is 25.1 Å². The van der Waals surface area contributed by atoms with Crippen molar-refractivity contribution in [2.75, 3.05) is 0 Å². The molecule has 0 spiro atoms. The molecule has 0 saturated carbocycles. The maximum atomic E-state index is 14.3. The van der Waals surface area contributed by atoms with E-state index in [1.807, 2.05) is 60.9 Å². The molecule has 0 fully saturated rings. The number of nitriles is 1. The van der Waals surface area contributed by atoms with Gasteiger partial charge in [-0.25, -0.2) is 0 Å². The molecule has 9 aromatic carbocycles. The van der Waals surface area contributed by atoms with Gasteiger partial charge in [-0.2, -0.15) is 57.9 Å². The summed E-state index contributed by atoms with van der Waals surface area (Å²) < 4.78 is 176. The van der Waals surface area contributed by atoms with Gasteiger partial charge in [0.2, 0.25) is 0 Å². The lowest BCUT2D eigenvalue weighted by Gasteiger charge is -2.20. The fourth-order valence-corrected chi connectivity index (χ4v) is 11.6. The van der Waals surface area contributed by atoms with Gasteiger partial charge in [0.25, 0.3) is 0 Å². The molecule has 0 N–H and O–H groups in total. The normalized spacial score (nSPS) is 12.5. The summed E-state index contributed by atoms with van der Waals surface area (Å²) in [6.07, 6.45) is -16.5. The number of aromatic nitrogens is 3. The van der Waals surface area contributed by atoms with Crippen molar-refractivity contribution in [1.29, 1.82) is 5.26 Å². The van der Waals surface area contributed by atoms with Gasteiger partial charge in [0.1, 0.15) is 0 Å². The number of hydrogen-bond donors (Lipinski definition) is 0. The van der Waals surface area contributed by atoms with Gasteiger partial charge in [0, 0.05) is 32.7 Å². The average Bonchev–Trinajstić information content (AvgIpc) is 1.67. The quantitative estimate of drug-likeness (QED) is 0.149. The molecule has 0 saturated heterocycles. The molecule has 0 bridgehead atoms. The van der Waals surface area contributed by atoms with Gasteiger partial charge < -0.3 is 9.13 Å². The Balaban J connectivity index is 1.18. The third-order valence-corrected chi connectivity index (χ3v) is 15.2. The van der Waals surface area contributed by atoms with Gasteiger partial charge in [-0.05, 0) is 180 Å². The smallest absolute Gasteiger partial charge is 0.307 e. The van der Waals surface area contributed by atoms with Crippen LogP contribution in [0.4, 0.5) is 52.7 Å². The van der Waals surface area contributed by atoms with Crippen molar-refractivity contribution in [3.05, 3.63) is 232 Å². The lowest BCUT2D eigenvalue weighted by atomic mass is 9.96. The topological polar surface area (TPSA) is 46.5 Å². The number of alkyl halides is 12. The highest BCUT2D eigenvalue weighted by atomic mass is 19.4. The Morgan fingerprint density at radius 1 is 0.345 bits per heavy atom. The molecule has 3 aromatic heterocycles. The first-order valence-electron chi connectivity index (χ1n) is 26.1. The lowest BCUT2D eigenvalue weighted by molar-refractivity contribution is -0.143. The molecule has 4 nitrogen and oxygen atoms in total. The number of rotatable bonds is 7. The maximum Gasteiger partial charge on any atom is 0.416 e. The number of fused-ring (bicyclic) bond motifs is 6. The summed E-state index contributed by atoms with van der Waals surface area (Å²) in [5.74, 6) is 0. The van der Waals surface area contributed by atoms with Gasteiger partial charge >= 0.3 is 24.7 Å². The minimum absolute atomic E-state index is 0.0365. The minimum Gasteiger partial charge on any atom is -0.307 e. The largest absolute Gasteiger partial charge is 0.416 e. The molecule has 418 valence electrons. The number of pyridine rings is 1. The molecule has 84 heavy (non-hydrogen) atoms. The SMILES string of the molecule is Cc1cc(C)cc(-c2ccc3c(c2)c2cc(-c4cc(C)cc(C(F)(F)F)c4)ccc2n3-c2cncc(-n3c4ccc(-c5cc(C)cc(C(F)(F)F)c5)cc4c4cc(-c5cc(C(F)(F)F)cc(C(F)(F)F)c5)ccc43)c2-c2ccccc2C#N)c1. The predicted octanol–water partition coefficient (Wildman–Crippen LogP) is 20.8. The van der Waals surface area contributed by atoms with E-state index in [0.717, 1.165) is 46.5 Å². The first kappa shape index (κ1) is 54.9. The molecule has 0 radical (unpaired) electrons. The summed E-state index contributed by atoms with van der Waals surface area (Å²) in [6.45, 7) is 7.08. The van der Waals surface area contributed by atoms with Crippen molar-refractivity contribution in [2.45, 2.75) is 52.4 Å². The Bertz CT molecular complexity index is 4680. The van der Waals surface area contributed by atoms with Crippen LogP contribution in [-0.4, -0.2) is 14.1 Å². The van der Waals surface area contributed by atoms with Crippen LogP contribution in [0.5, 0.6) is 0 Å². The van der Waals surface area contributed by atoms with Crippen molar-refractivity contribution in [3.63, 3.8) is 0 Å². The Morgan fingerprint density at radius 2 is 0.655 bits per heavy atom. The zero-order chi connectivity index (χ0) is 59.5.